The van der Waals surface area contributed by atoms with Crippen LogP contribution in [-0.4, -0.2) is 19.6 Å². The second-order valence-electron chi connectivity index (χ2n) is 4.94. The van der Waals surface area contributed by atoms with E-state index < -0.39 is 14.9 Å². The molecule has 0 unspecified atom stereocenters. The van der Waals surface area contributed by atoms with Crippen molar-refractivity contribution in [2.75, 3.05) is 0 Å². The van der Waals surface area contributed by atoms with Gasteiger partial charge in [-0.3, -0.25) is 10.1 Å². The van der Waals surface area contributed by atoms with E-state index in [-0.39, 0.29) is 16.1 Å². The zero-order valence-electron chi connectivity index (χ0n) is 12.6. The van der Waals surface area contributed by atoms with Crippen LogP contribution in [0.4, 0.5) is 5.69 Å². The number of nitrogens with zero attached hydrogens (tertiary/aromatic N) is 2. The van der Waals surface area contributed by atoms with E-state index in [9.17, 15) is 18.5 Å². The number of nitro groups is 1. The van der Waals surface area contributed by atoms with Crippen LogP contribution in [0.25, 0.3) is 0 Å². The molecule has 0 saturated heterocycles. The first-order chi connectivity index (χ1) is 10.8. The molecule has 0 aliphatic heterocycles. The summed E-state index contributed by atoms with van der Waals surface area (Å²) in [6, 6.07) is 11.0. The van der Waals surface area contributed by atoms with Crippen LogP contribution in [0.1, 0.15) is 16.7 Å². The number of nitro benzene ring substituents is 1. The third-order valence-corrected chi connectivity index (χ3v) is 4.51. The smallest absolute Gasteiger partial charge is 0.258 e. The summed E-state index contributed by atoms with van der Waals surface area (Å²) in [5, 5.41) is 14.5. The highest BCUT2D eigenvalue weighted by Gasteiger charge is 2.16. The van der Waals surface area contributed by atoms with Crippen LogP contribution in [0.2, 0.25) is 0 Å². The van der Waals surface area contributed by atoms with Crippen LogP contribution >= 0.6 is 0 Å². The largest absolute Gasteiger partial charge is 0.278 e. The van der Waals surface area contributed by atoms with Crippen molar-refractivity contribution < 1.29 is 13.3 Å². The minimum Gasteiger partial charge on any atom is -0.258 e. The molecule has 0 radical (unpaired) electrons. The van der Waals surface area contributed by atoms with E-state index in [0.29, 0.717) is 5.56 Å². The summed E-state index contributed by atoms with van der Waals surface area (Å²) in [6.45, 7) is 3.47. The Hall–Kier alpha value is -2.74. The standard InChI is InChI=1S/C15H15N3O4S/c1-11-7-8-12(2)15(9-11)23(21,22)17-16-10-13-5-3-4-6-14(13)18(19)20/h3-10,17H,1-2H3. The monoisotopic (exact) mass is 333 g/mol. The molecule has 8 heteroatoms. The third kappa shape index (κ3) is 3.92. The van der Waals surface area contributed by atoms with E-state index in [1.54, 1.807) is 26.0 Å². The molecular weight excluding hydrogens is 318 g/mol. The number of rotatable bonds is 5. The molecule has 0 aliphatic rings. The molecule has 0 bridgehead atoms. The van der Waals surface area contributed by atoms with Gasteiger partial charge in [0, 0.05) is 6.07 Å². The summed E-state index contributed by atoms with van der Waals surface area (Å²) in [4.78, 5) is 12.5. The Bertz CT molecular complexity index is 876. The molecule has 0 heterocycles. The van der Waals surface area contributed by atoms with Gasteiger partial charge in [0.25, 0.3) is 15.7 Å². The van der Waals surface area contributed by atoms with Crippen molar-refractivity contribution in [1.82, 2.24) is 4.83 Å². The van der Waals surface area contributed by atoms with Gasteiger partial charge in [-0.1, -0.05) is 24.3 Å². The lowest BCUT2D eigenvalue weighted by atomic mass is 10.2. The number of para-hydroxylation sites is 1. The van der Waals surface area contributed by atoms with Crippen LogP contribution in [0.5, 0.6) is 0 Å². The molecule has 2 aromatic carbocycles. The molecule has 0 amide bonds. The number of nitrogens with one attached hydrogen (secondary N) is 1. The maximum absolute atomic E-state index is 12.3. The van der Waals surface area contributed by atoms with Gasteiger partial charge >= 0.3 is 0 Å². The Kier molecular flexibility index (Phi) is 4.75. The van der Waals surface area contributed by atoms with Gasteiger partial charge in [0.05, 0.1) is 21.6 Å². The number of benzene rings is 2. The summed E-state index contributed by atoms with van der Waals surface area (Å²) in [6.07, 6.45) is 1.11. The Labute approximate surface area is 133 Å². The summed E-state index contributed by atoms with van der Waals surface area (Å²) in [5.41, 5.74) is 1.45. The fourth-order valence-electron chi connectivity index (χ4n) is 1.97. The Morgan fingerprint density at radius 3 is 2.57 bits per heavy atom. The fourth-order valence-corrected chi connectivity index (χ4v) is 3.10. The number of hydrogen-bond donors (Lipinski definition) is 1. The van der Waals surface area contributed by atoms with Crippen molar-refractivity contribution in [2.24, 2.45) is 5.10 Å². The molecule has 0 spiro atoms. The van der Waals surface area contributed by atoms with Gasteiger partial charge in [-0.2, -0.15) is 13.5 Å². The van der Waals surface area contributed by atoms with Crippen molar-refractivity contribution in [3.63, 3.8) is 0 Å². The quantitative estimate of drug-likeness (QED) is 0.516. The van der Waals surface area contributed by atoms with Crippen LogP contribution in [0.3, 0.4) is 0 Å². The van der Waals surface area contributed by atoms with Gasteiger partial charge < -0.3 is 0 Å². The van der Waals surface area contributed by atoms with Crippen molar-refractivity contribution in [1.29, 1.82) is 0 Å². The molecule has 0 atom stereocenters. The predicted molar refractivity (Wildman–Crippen MR) is 86.9 cm³/mol. The average Bonchev–Trinajstić information content (AvgIpc) is 2.49. The molecule has 120 valence electrons. The molecule has 0 saturated carbocycles. The molecule has 0 aromatic heterocycles. The summed E-state index contributed by atoms with van der Waals surface area (Å²) >= 11 is 0. The molecule has 0 aliphatic carbocycles. The lowest BCUT2D eigenvalue weighted by Gasteiger charge is -2.07. The van der Waals surface area contributed by atoms with E-state index in [0.717, 1.165) is 11.8 Å². The molecule has 1 N–H and O–H groups in total. The first-order valence-corrected chi connectivity index (χ1v) is 8.15. The topological polar surface area (TPSA) is 102 Å². The highest BCUT2D eigenvalue weighted by Crippen LogP contribution is 2.17. The number of hydrogen-bond acceptors (Lipinski definition) is 5. The first-order valence-electron chi connectivity index (χ1n) is 6.67. The lowest BCUT2D eigenvalue weighted by molar-refractivity contribution is -0.385. The maximum atomic E-state index is 12.3. The second-order valence-corrected chi connectivity index (χ2v) is 6.57. The van der Waals surface area contributed by atoms with Gasteiger partial charge in [0.15, 0.2) is 0 Å². The van der Waals surface area contributed by atoms with Crippen molar-refractivity contribution in [2.45, 2.75) is 18.7 Å². The molecule has 2 aromatic rings. The zero-order valence-corrected chi connectivity index (χ0v) is 13.4. The van der Waals surface area contributed by atoms with E-state index in [1.807, 2.05) is 6.07 Å². The zero-order chi connectivity index (χ0) is 17.0. The Morgan fingerprint density at radius 2 is 1.87 bits per heavy atom. The van der Waals surface area contributed by atoms with Crippen LogP contribution in [0, 0.1) is 24.0 Å². The van der Waals surface area contributed by atoms with Crippen LogP contribution < -0.4 is 4.83 Å². The van der Waals surface area contributed by atoms with Gasteiger partial charge in [-0.15, -0.1) is 0 Å². The summed E-state index contributed by atoms with van der Waals surface area (Å²) < 4.78 is 24.5. The molecule has 0 fully saturated rings. The molecule has 23 heavy (non-hydrogen) atoms. The highest BCUT2D eigenvalue weighted by molar-refractivity contribution is 7.89. The number of sulfonamides is 1. The van der Waals surface area contributed by atoms with Crippen LogP contribution in [0.15, 0.2) is 52.5 Å². The molecule has 2 rings (SSSR count). The van der Waals surface area contributed by atoms with E-state index in [2.05, 4.69) is 9.93 Å². The second kappa shape index (κ2) is 6.57. The lowest BCUT2D eigenvalue weighted by Crippen LogP contribution is -2.19. The van der Waals surface area contributed by atoms with E-state index in [1.165, 1.54) is 24.3 Å². The minimum absolute atomic E-state index is 0.122. The Balaban J connectivity index is 2.26. The maximum Gasteiger partial charge on any atom is 0.278 e. The highest BCUT2D eigenvalue weighted by atomic mass is 32.2. The number of hydrazone groups is 1. The van der Waals surface area contributed by atoms with Gasteiger partial charge in [-0.25, -0.2) is 4.83 Å². The van der Waals surface area contributed by atoms with E-state index >= 15 is 0 Å². The first kappa shape index (κ1) is 16.6. The average molecular weight is 333 g/mol. The minimum atomic E-state index is -3.83. The number of aryl methyl sites for hydroxylation is 2. The molecule has 7 nitrogen and oxygen atoms in total. The Morgan fingerprint density at radius 1 is 1.17 bits per heavy atom. The SMILES string of the molecule is Cc1ccc(C)c(S(=O)(=O)NN=Cc2ccccc2[N+](=O)[O-])c1. The van der Waals surface area contributed by atoms with Gasteiger partial charge in [0.1, 0.15) is 0 Å². The van der Waals surface area contributed by atoms with Crippen molar-refractivity contribution >= 4 is 21.9 Å². The molecular formula is C15H15N3O4S. The van der Waals surface area contributed by atoms with Crippen LogP contribution in [-0.2, 0) is 10.0 Å². The van der Waals surface area contributed by atoms with E-state index in [4.69, 9.17) is 0 Å². The van der Waals surface area contributed by atoms with Crippen molar-refractivity contribution in [3.05, 3.63) is 69.3 Å². The third-order valence-electron chi connectivity index (χ3n) is 3.14. The van der Waals surface area contributed by atoms with Gasteiger partial charge in [0.2, 0.25) is 0 Å². The summed E-state index contributed by atoms with van der Waals surface area (Å²) in [7, 11) is -3.83. The predicted octanol–water partition coefficient (Wildman–Crippen LogP) is 2.52. The van der Waals surface area contributed by atoms with Crippen molar-refractivity contribution in [3.8, 4) is 0 Å². The normalized spacial score (nSPS) is 11.6. The summed E-state index contributed by atoms with van der Waals surface area (Å²) in [5.74, 6) is 0. The van der Waals surface area contributed by atoms with Gasteiger partial charge in [-0.05, 0) is 37.1 Å². The fraction of sp³-hybridized carbons (Fsp3) is 0.133.